The summed E-state index contributed by atoms with van der Waals surface area (Å²) in [6.45, 7) is 2.71. The molecule has 1 fully saturated rings. The van der Waals surface area contributed by atoms with Gasteiger partial charge >= 0.3 is 6.03 Å². The number of carbonyl (C=O) groups excluding carboxylic acids is 1. The van der Waals surface area contributed by atoms with Gasteiger partial charge in [0.1, 0.15) is 6.04 Å². The van der Waals surface area contributed by atoms with E-state index in [-0.39, 0.29) is 12.1 Å². The van der Waals surface area contributed by atoms with Gasteiger partial charge in [0, 0.05) is 22.7 Å². The number of aryl methyl sites for hydroxylation is 1. The number of rotatable bonds is 4. The van der Waals surface area contributed by atoms with Gasteiger partial charge in [0.25, 0.3) is 0 Å². The van der Waals surface area contributed by atoms with E-state index in [2.05, 4.69) is 15.5 Å². The Morgan fingerprint density at radius 1 is 1.14 bits per heavy atom. The highest BCUT2D eigenvalue weighted by Gasteiger charge is 2.32. The van der Waals surface area contributed by atoms with Crippen LogP contribution in [0.25, 0.3) is 11.4 Å². The molecule has 6 nitrogen and oxygen atoms in total. The Kier molecular flexibility index (Phi) is 5.85. The molecule has 1 aliphatic rings. The highest BCUT2D eigenvalue weighted by Crippen LogP contribution is 2.32. The van der Waals surface area contributed by atoms with Crippen LogP contribution in [-0.4, -0.2) is 33.9 Å². The quantitative estimate of drug-likeness (QED) is 0.575. The van der Waals surface area contributed by atoms with E-state index in [4.69, 9.17) is 4.52 Å². The lowest BCUT2D eigenvalue weighted by Gasteiger charge is -2.33. The van der Waals surface area contributed by atoms with Crippen LogP contribution in [0, 0.1) is 6.92 Å². The van der Waals surface area contributed by atoms with Gasteiger partial charge in [0.05, 0.1) is 0 Å². The van der Waals surface area contributed by atoms with Gasteiger partial charge in [-0.3, -0.25) is 0 Å². The largest absolute Gasteiger partial charge is 0.337 e. The third kappa shape index (κ3) is 4.45. The molecule has 1 atom stereocenters. The SMILES string of the molecule is CSc1ccc(NC(=O)N2CCCC[C@@H]2c2nc(-c3ccc(C)cc3)no2)cc1. The number of hydrogen-bond acceptors (Lipinski definition) is 5. The first-order valence-electron chi connectivity index (χ1n) is 9.76. The number of nitrogens with zero attached hydrogens (tertiary/aromatic N) is 3. The molecule has 2 amide bonds. The lowest BCUT2D eigenvalue weighted by molar-refractivity contribution is 0.142. The van der Waals surface area contributed by atoms with Gasteiger partial charge in [-0.15, -0.1) is 11.8 Å². The molecule has 1 N–H and O–H groups in total. The molecule has 0 saturated carbocycles. The predicted molar refractivity (Wildman–Crippen MR) is 115 cm³/mol. The molecule has 2 aromatic carbocycles. The summed E-state index contributed by atoms with van der Waals surface area (Å²) < 4.78 is 5.56. The second kappa shape index (κ2) is 8.69. The summed E-state index contributed by atoms with van der Waals surface area (Å²) in [5, 5.41) is 7.14. The third-order valence-electron chi connectivity index (χ3n) is 5.14. The molecule has 0 unspecified atom stereocenters. The van der Waals surface area contributed by atoms with Gasteiger partial charge in [0.2, 0.25) is 11.7 Å². The fourth-order valence-corrected chi connectivity index (χ4v) is 3.90. The molecule has 1 aliphatic heterocycles. The van der Waals surface area contributed by atoms with E-state index in [1.165, 1.54) is 5.56 Å². The summed E-state index contributed by atoms with van der Waals surface area (Å²) >= 11 is 1.67. The molecule has 7 heteroatoms. The maximum Gasteiger partial charge on any atom is 0.322 e. The number of anilines is 1. The van der Waals surface area contributed by atoms with Gasteiger partial charge in [-0.05, 0) is 56.7 Å². The van der Waals surface area contributed by atoms with Gasteiger partial charge in [-0.2, -0.15) is 4.98 Å². The summed E-state index contributed by atoms with van der Waals surface area (Å²) in [6, 6.07) is 15.5. The number of hydrogen-bond donors (Lipinski definition) is 1. The van der Waals surface area contributed by atoms with Crippen molar-refractivity contribution in [3.8, 4) is 11.4 Å². The normalized spacial score (nSPS) is 16.6. The van der Waals surface area contributed by atoms with E-state index in [0.29, 0.717) is 18.3 Å². The Bertz CT molecular complexity index is 969. The Labute approximate surface area is 174 Å². The smallest absolute Gasteiger partial charge is 0.322 e. The zero-order chi connectivity index (χ0) is 20.2. The average molecular weight is 409 g/mol. The number of nitrogens with one attached hydrogen (secondary N) is 1. The number of piperidine rings is 1. The van der Waals surface area contributed by atoms with Crippen molar-refractivity contribution in [3.05, 3.63) is 60.0 Å². The van der Waals surface area contributed by atoms with Crippen molar-refractivity contribution in [3.63, 3.8) is 0 Å². The fourth-order valence-electron chi connectivity index (χ4n) is 3.49. The third-order valence-corrected chi connectivity index (χ3v) is 5.89. The van der Waals surface area contributed by atoms with Crippen molar-refractivity contribution >= 4 is 23.5 Å². The van der Waals surface area contributed by atoms with Gasteiger partial charge in [-0.25, -0.2) is 4.79 Å². The number of carbonyl (C=O) groups is 1. The molecule has 0 aliphatic carbocycles. The summed E-state index contributed by atoms with van der Waals surface area (Å²) in [5.41, 5.74) is 2.87. The van der Waals surface area contributed by atoms with Crippen LogP contribution in [0.1, 0.15) is 36.8 Å². The summed E-state index contributed by atoms with van der Waals surface area (Å²) in [7, 11) is 0. The van der Waals surface area contributed by atoms with Crippen molar-refractivity contribution in [1.29, 1.82) is 0 Å². The second-order valence-electron chi connectivity index (χ2n) is 7.19. The van der Waals surface area contributed by atoms with E-state index in [9.17, 15) is 4.79 Å². The molecule has 29 heavy (non-hydrogen) atoms. The van der Waals surface area contributed by atoms with E-state index in [1.54, 1.807) is 16.7 Å². The molecular weight excluding hydrogens is 384 g/mol. The van der Waals surface area contributed by atoms with Crippen LogP contribution < -0.4 is 5.32 Å². The lowest BCUT2D eigenvalue weighted by atomic mass is 10.0. The van der Waals surface area contributed by atoms with Crippen molar-refractivity contribution < 1.29 is 9.32 Å². The summed E-state index contributed by atoms with van der Waals surface area (Å²) in [6.07, 6.45) is 4.84. The van der Waals surface area contributed by atoms with E-state index >= 15 is 0 Å². The molecule has 3 aromatic rings. The highest BCUT2D eigenvalue weighted by atomic mass is 32.2. The maximum absolute atomic E-state index is 12.9. The van der Waals surface area contributed by atoms with Crippen LogP contribution in [0.15, 0.2) is 57.9 Å². The molecular formula is C22H24N4O2S. The average Bonchev–Trinajstić information content (AvgIpc) is 3.25. The molecule has 4 rings (SSSR count). The molecule has 1 saturated heterocycles. The summed E-state index contributed by atoms with van der Waals surface area (Å²) in [5.74, 6) is 1.05. The zero-order valence-electron chi connectivity index (χ0n) is 16.6. The Morgan fingerprint density at radius 2 is 1.90 bits per heavy atom. The second-order valence-corrected chi connectivity index (χ2v) is 8.07. The van der Waals surface area contributed by atoms with Gasteiger partial charge in [0.15, 0.2) is 0 Å². The Morgan fingerprint density at radius 3 is 2.62 bits per heavy atom. The topological polar surface area (TPSA) is 71.3 Å². The monoisotopic (exact) mass is 408 g/mol. The van der Waals surface area contributed by atoms with E-state index in [0.717, 1.165) is 35.4 Å². The first-order chi connectivity index (χ1) is 14.1. The van der Waals surface area contributed by atoms with Gasteiger partial charge in [-0.1, -0.05) is 35.0 Å². The number of likely N-dealkylation sites (tertiary alicyclic amines) is 1. The minimum Gasteiger partial charge on any atom is -0.337 e. The standard InChI is InChI=1S/C22H24N4O2S/c1-15-6-8-16(9-7-15)20-24-21(28-25-20)19-5-3-4-14-26(19)22(27)23-17-10-12-18(29-2)13-11-17/h6-13,19H,3-5,14H2,1-2H3,(H,23,27)/t19-/m1/s1. The molecule has 2 heterocycles. The zero-order valence-corrected chi connectivity index (χ0v) is 17.4. The lowest BCUT2D eigenvalue weighted by Crippen LogP contribution is -2.41. The molecule has 1 aromatic heterocycles. The maximum atomic E-state index is 12.9. The molecule has 0 radical (unpaired) electrons. The van der Waals surface area contributed by atoms with Crippen molar-refractivity contribution in [1.82, 2.24) is 15.0 Å². The number of amides is 2. The number of aromatic nitrogens is 2. The van der Waals surface area contributed by atoms with E-state index in [1.807, 2.05) is 61.7 Å². The van der Waals surface area contributed by atoms with Crippen LogP contribution >= 0.6 is 11.8 Å². The Hall–Kier alpha value is -2.80. The van der Waals surface area contributed by atoms with E-state index < -0.39 is 0 Å². The highest BCUT2D eigenvalue weighted by molar-refractivity contribution is 7.98. The molecule has 150 valence electrons. The van der Waals surface area contributed by atoms with Crippen LogP contribution in [-0.2, 0) is 0 Å². The van der Waals surface area contributed by atoms with Crippen LogP contribution in [0.5, 0.6) is 0 Å². The first kappa shape index (κ1) is 19.5. The van der Waals surface area contributed by atoms with Gasteiger partial charge < -0.3 is 14.7 Å². The molecule has 0 bridgehead atoms. The summed E-state index contributed by atoms with van der Waals surface area (Å²) in [4.78, 5) is 20.5. The number of urea groups is 1. The van der Waals surface area contributed by atoms with Crippen molar-refractivity contribution in [2.75, 3.05) is 18.1 Å². The van der Waals surface area contributed by atoms with Crippen LogP contribution in [0.3, 0.4) is 0 Å². The van der Waals surface area contributed by atoms with Crippen molar-refractivity contribution in [2.45, 2.75) is 37.1 Å². The first-order valence-corrected chi connectivity index (χ1v) is 11.0. The molecule has 0 spiro atoms. The van der Waals surface area contributed by atoms with Crippen LogP contribution in [0.2, 0.25) is 0 Å². The predicted octanol–water partition coefficient (Wildman–Crippen LogP) is 5.53. The fraction of sp³-hybridized carbons (Fsp3) is 0.318. The minimum atomic E-state index is -0.207. The van der Waals surface area contributed by atoms with Crippen LogP contribution in [0.4, 0.5) is 10.5 Å². The number of benzene rings is 2. The number of thioether (sulfide) groups is 1. The minimum absolute atomic E-state index is 0.137. The Balaban J connectivity index is 1.51. The van der Waals surface area contributed by atoms with Crippen molar-refractivity contribution in [2.24, 2.45) is 0 Å².